The molecule has 76 valence electrons. The van der Waals surface area contributed by atoms with Crippen LogP contribution in [0.4, 0.5) is 0 Å². The van der Waals surface area contributed by atoms with Gasteiger partial charge in [0, 0.05) is 18.5 Å². The Balaban J connectivity index is 2.32. The molecule has 0 radical (unpaired) electrons. The van der Waals surface area contributed by atoms with E-state index in [-0.39, 0.29) is 5.69 Å². The zero-order valence-corrected chi connectivity index (χ0v) is 7.88. The predicted molar refractivity (Wildman–Crippen MR) is 48.9 cm³/mol. The highest BCUT2D eigenvalue weighted by Gasteiger charge is 2.14. The van der Waals surface area contributed by atoms with Gasteiger partial charge in [-0.15, -0.1) is 0 Å². The fourth-order valence-electron chi connectivity index (χ4n) is 1.01. The van der Waals surface area contributed by atoms with Gasteiger partial charge in [0.2, 0.25) is 5.76 Å². The maximum Gasteiger partial charge on any atom is 0.360 e. The number of carbonyl (C=O) groups excluding carboxylic acids is 1. The fraction of sp³-hybridized carbons (Fsp3) is 0.111. The van der Waals surface area contributed by atoms with Crippen molar-refractivity contribution >= 4 is 5.97 Å². The molecule has 0 atom stereocenters. The minimum Gasteiger partial charge on any atom is -0.464 e. The van der Waals surface area contributed by atoms with Crippen molar-refractivity contribution in [2.24, 2.45) is 0 Å². The number of ether oxygens (including phenoxy) is 1. The first-order valence-electron chi connectivity index (χ1n) is 4.13. The van der Waals surface area contributed by atoms with Gasteiger partial charge < -0.3 is 9.26 Å². The zero-order chi connectivity index (χ0) is 10.7. The van der Waals surface area contributed by atoms with Crippen molar-refractivity contribution in [2.75, 3.05) is 7.11 Å². The lowest BCUT2D eigenvalue weighted by atomic mass is 10.3. The average Bonchev–Trinajstić information content (AvgIpc) is 2.78. The van der Waals surface area contributed by atoms with Crippen molar-refractivity contribution in [2.45, 2.75) is 0 Å². The van der Waals surface area contributed by atoms with E-state index >= 15 is 0 Å². The third-order valence-corrected chi connectivity index (χ3v) is 1.69. The van der Waals surface area contributed by atoms with E-state index in [1.54, 1.807) is 18.5 Å². The second-order valence-electron chi connectivity index (χ2n) is 2.64. The normalized spacial score (nSPS) is 9.93. The SMILES string of the molecule is COC(=O)c1cc(-c2ncccn2)on1. The third kappa shape index (κ3) is 1.83. The monoisotopic (exact) mass is 205 g/mol. The van der Waals surface area contributed by atoms with Crippen molar-refractivity contribution in [1.82, 2.24) is 15.1 Å². The Morgan fingerprint density at radius 2 is 2.13 bits per heavy atom. The number of rotatable bonds is 2. The summed E-state index contributed by atoms with van der Waals surface area (Å²) in [5.74, 6) is 0.150. The summed E-state index contributed by atoms with van der Waals surface area (Å²) in [6, 6.07) is 3.11. The molecule has 6 heteroatoms. The van der Waals surface area contributed by atoms with Crippen LogP contribution >= 0.6 is 0 Å². The Labute approximate surface area is 84.9 Å². The second kappa shape index (κ2) is 3.87. The molecular formula is C9H7N3O3. The van der Waals surface area contributed by atoms with Crippen LogP contribution in [0.15, 0.2) is 29.0 Å². The number of esters is 1. The molecule has 2 rings (SSSR count). The lowest BCUT2D eigenvalue weighted by Crippen LogP contribution is -2.00. The number of methoxy groups -OCH3 is 1. The first kappa shape index (κ1) is 9.32. The minimum absolute atomic E-state index is 0.0972. The smallest absolute Gasteiger partial charge is 0.360 e. The Morgan fingerprint density at radius 3 is 2.80 bits per heavy atom. The summed E-state index contributed by atoms with van der Waals surface area (Å²) < 4.78 is 9.38. The van der Waals surface area contributed by atoms with E-state index in [0.29, 0.717) is 11.6 Å². The molecule has 0 spiro atoms. The fourth-order valence-corrected chi connectivity index (χ4v) is 1.01. The highest BCUT2D eigenvalue weighted by atomic mass is 16.5. The number of hydrogen-bond acceptors (Lipinski definition) is 6. The van der Waals surface area contributed by atoms with Crippen LogP contribution in [0, 0.1) is 0 Å². The lowest BCUT2D eigenvalue weighted by molar-refractivity contribution is 0.0589. The number of nitrogens with zero attached hydrogens (tertiary/aromatic N) is 3. The molecule has 0 unspecified atom stereocenters. The topological polar surface area (TPSA) is 78.1 Å². The molecule has 0 aliphatic heterocycles. The quantitative estimate of drug-likeness (QED) is 0.678. The molecule has 0 saturated heterocycles. The Hall–Kier alpha value is -2.24. The van der Waals surface area contributed by atoms with Crippen molar-refractivity contribution < 1.29 is 14.1 Å². The molecule has 2 heterocycles. The molecule has 0 aliphatic carbocycles. The Bertz CT molecular complexity index is 466. The Kier molecular flexibility index (Phi) is 2.40. The number of aromatic nitrogens is 3. The molecule has 2 aromatic rings. The van der Waals surface area contributed by atoms with Gasteiger partial charge in [-0.25, -0.2) is 14.8 Å². The van der Waals surface area contributed by atoms with Crippen molar-refractivity contribution in [3.63, 3.8) is 0 Å². The summed E-state index contributed by atoms with van der Waals surface area (Å²) in [5.41, 5.74) is 0.0972. The van der Waals surface area contributed by atoms with Gasteiger partial charge in [0.1, 0.15) is 0 Å². The van der Waals surface area contributed by atoms with Crippen LogP contribution in [-0.2, 0) is 4.74 Å². The summed E-state index contributed by atoms with van der Waals surface area (Å²) in [5, 5.41) is 3.53. The van der Waals surface area contributed by atoms with Gasteiger partial charge in [0.25, 0.3) is 0 Å². The highest BCUT2D eigenvalue weighted by molar-refractivity contribution is 5.87. The van der Waals surface area contributed by atoms with Gasteiger partial charge in [0.15, 0.2) is 11.5 Å². The zero-order valence-electron chi connectivity index (χ0n) is 7.88. The molecule has 0 N–H and O–H groups in total. The van der Waals surface area contributed by atoms with Crippen LogP contribution in [0.1, 0.15) is 10.5 Å². The molecule has 15 heavy (non-hydrogen) atoms. The van der Waals surface area contributed by atoms with Gasteiger partial charge in [0.05, 0.1) is 7.11 Å². The van der Waals surface area contributed by atoms with Gasteiger partial charge in [-0.05, 0) is 6.07 Å². The highest BCUT2D eigenvalue weighted by Crippen LogP contribution is 2.15. The predicted octanol–water partition coefficient (Wildman–Crippen LogP) is 0.918. The summed E-state index contributed by atoms with van der Waals surface area (Å²) in [7, 11) is 1.27. The standard InChI is InChI=1S/C9H7N3O3/c1-14-9(13)6-5-7(15-12-6)8-10-3-2-4-11-8/h2-5H,1H3. The lowest BCUT2D eigenvalue weighted by Gasteiger charge is -1.90. The summed E-state index contributed by atoms with van der Waals surface area (Å²) in [6.45, 7) is 0. The van der Waals surface area contributed by atoms with Crippen LogP contribution in [0.2, 0.25) is 0 Å². The van der Waals surface area contributed by atoms with Gasteiger partial charge in [-0.3, -0.25) is 0 Å². The minimum atomic E-state index is -0.555. The first-order valence-corrected chi connectivity index (χ1v) is 4.13. The number of hydrogen-bond donors (Lipinski definition) is 0. The van der Waals surface area contributed by atoms with E-state index in [4.69, 9.17) is 4.52 Å². The van der Waals surface area contributed by atoms with E-state index in [1.807, 2.05) is 0 Å². The molecule has 0 bridgehead atoms. The van der Waals surface area contributed by atoms with Crippen LogP contribution in [-0.4, -0.2) is 28.2 Å². The van der Waals surface area contributed by atoms with Crippen molar-refractivity contribution in [1.29, 1.82) is 0 Å². The van der Waals surface area contributed by atoms with Gasteiger partial charge in [-0.2, -0.15) is 0 Å². The van der Waals surface area contributed by atoms with Crippen LogP contribution in [0.3, 0.4) is 0 Å². The van der Waals surface area contributed by atoms with E-state index in [2.05, 4.69) is 19.9 Å². The first-order chi connectivity index (χ1) is 7.31. The molecule has 0 saturated carbocycles. The van der Waals surface area contributed by atoms with E-state index in [9.17, 15) is 4.79 Å². The van der Waals surface area contributed by atoms with E-state index in [0.717, 1.165) is 0 Å². The molecule has 0 fully saturated rings. The summed E-state index contributed by atoms with van der Waals surface area (Å²) in [4.78, 5) is 19.0. The van der Waals surface area contributed by atoms with Gasteiger partial charge in [-0.1, -0.05) is 5.16 Å². The van der Waals surface area contributed by atoms with Crippen molar-refractivity contribution in [3.8, 4) is 11.6 Å². The largest absolute Gasteiger partial charge is 0.464 e. The molecule has 0 aliphatic rings. The molecule has 2 aromatic heterocycles. The molecule has 0 amide bonds. The van der Waals surface area contributed by atoms with Gasteiger partial charge >= 0.3 is 5.97 Å². The maximum atomic E-state index is 11.1. The molecular weight excluding hydrogens is 198 g/mol. The molecule has 6 nitrogen and oxygen atoms in total. The van der Waals surface area contributed by atoms with E-state index in [1.165, 1.54) is 13.2 Å². The Morgan fingerprint density at radius 1 is 1.40 bits per heavy atom. The third-order valence-electron chi connectivity index (χ3n) is 1.69. The average molecular weight is 205 g/mol. The molecule has 0 aromatic carbocycles. The van der Waals surface area contributed by atoms with Crippen LogP contribution < -0.4 is 0 Å². The van der Waals surface area contributed by atoms with Crippen molar-refractivity contribution in [3.05, 3.63) is 30.2 Å². The van der Waals surface area contributed by atoms with E-state index < -0.39 is 5.97 Å². The number of carbonyl (C=O) groups is 1. The van der Waals surface area contributed by atoms with Crippen LogP contribution in [0.5, 0.6) is 0 Å². The summed E-state index contributed by atoms with van der Waals surface area (Å²) in [6.07, 6.45) is 3.14. The maximum absolute atomic E-state index is 11.1. The summed E-state index contributed by atoms with van der Waals surface area (Å²) >= 11 is 0. The van der Waals surface area contributed by atoms with Crippen LogP contribution in [0.25, 0.3) is 11.6 Å². The second-order valence-corrected chi connectivity index (χ2v) is 2.64.